The topological polar surface area (TPSA) is 75.3 Å². The van der Waals surface area contributed by atoms with Crippen LogP contribution in [-0.2, 0) is 4.79 Å². The molecule has 86 valence electrons. The van der Waals surface area contributed by atoms with E-state index in [1.54, 1.807) is 6.92 Å². The molecular weight excluding hydrogens is 192 g/mol. The minimum atomic E-state index is -0.483. The number of nitrogens with two attached hydrogens (primary N) is 1. The molecule has 2 aliphatic rings. The molecule has 0 spiro atoms. The second-order valence-corrected chi connectivity index (χ2v) is 5.03. The second-order valence-electron chi connectivity index (χ2n) is 5.03. The highest BCUT2D eigenvalue weighted by Gasteiger charge is 2.48. The van der Waals surface area contributed by atoms with Crippen LogP contribution in [0.5, 0.6) is 0 Å². The van der Waals surface area contributed by atoms with Gasteiger partial charge in [0.15, 0.2) is 0 Å². The quantitative estimate of drug-likeness (QED) is 0.609. The standard InChI is InChI=1S/C11H20N2O2/c1-6(14)5-13-11(15)9-7-2-3-8(4-7)10(9)12/h6-10,14H,2-5,12H2,1H3,(H,13,15)/t6-,7?,8?,9?,10?/m0/s1. The molecule has 0 aliphatic heterocycles. The Kier molecular flexibility index (Phi) is 2.98. The molecule has 15 heavy (non-hydrogen) atoms. The predicted octanol–water partition coefficient (Wildman–Crippen LogP) is -0.143. The number of nitrogens with one attached hydrogen (secondary N) is 1. The molecule has 0 aromatic heterocycles. The van der Waals surface area contributed by atoms with Gasteiger partial charge < -0.3 is 16.2 Å². The first-order chi connectivity index (χ1) is 7.09. The van der Waals surface area contributed by atoms with E-state index in [2.05, 4.69) is 5.32 Å². The molecule has 4 nitrogen and oxygen atoms in total. The van der Waals surface area contributed by atoms with Crippen molar-refractivity contribution in [2.45, 2.75) is 38.3 Å². The van der Waals surface area contributed by atoms with Crippen LogP contribution in [0.15, 0.2) is 0 Å². The number of amides is 1. The first-order valence-electron chi connectivity index (χ1n) is 5.81. The van der Waals surface area contributed by atoms with Gasteiger partial charge in [0.25, 0.3) is 0 Å². The van der Waals surface area contributed by atoms with E-state index >= 15 is 0 Å². The lowest BCUT2D eigenvalue weighted by Crippen LogP contribution is -2.46. The van der Waals surface area contributed by atoms with Gasteiger partial charge in [0, 0.05) is 12.6 Å². The summed E-state index contributed by atoms with van der Waals surface area (Å²) >= 11 is 0. The fourth-order valence-electron chi connectivity index (χ4n) is 3.09. The zero-order valence-corrected chi connectivity index (χ0v) is 9.15. The number of hydrogen-bond donors (Lipinski definition) is 3. The summed E-state index contributed by atoms with van der Waals surface area (Å²) in [5.41, 5.74) is 6.05. The first-order valence-corrected chi connectivity index (χ1v) is 5.81. The lowest BCUT2D eigenvalue weighted by atomic mass is 9.84. The SMILES string of the molecule is C[C@H](O)CNC(=O)C1C2CCC(C2)C1N. The summed E-state index contributed by atoms with van der Waals surface area (Å²) < 4.78 is 0. The minimum absolute atomic E-state index is 0.0116. The Morgan fingerprint density at radius 2 is 2.20 bits per heavy atom. The van der Waals surface area contributed by atoms with Crippen LogP contribution in [0.1, 0.15) is 26.2 Å². The lowest BCUT2D eigenvalue weighted by Gasteiger charge is -2.27. The number of rotatable bonds is 3. The van der Waals surface area contributed by atoms with Crippen LogP contribution in [0, 0.1) is 17.8 Å². The third-order valence-corrected chi connectivity index (χ3v) is 3.86. The van der Waals surface area contributed by atoms with Gasteiger partial charge in [0.1, 0.15) is 0 Å². The van der Waals surface area contributed by atoms with Gasteiger partial charge in [-0.3, -0.25) is 4.79 Å². The molecule has 0 radical (unpaired) electrons. The first kappa shape index (κ1) is 10.9. The van der Waals surface area contributed by atoms with Crippen molar-refractivity contribution in [1.82, 2.24) is 5.32 Å². The normalized spacial score (nSPS) is 40.5. The van der Waals surface area contributed by atoms with E-state index in [-0.39, 0.29) is 17.9 Å². The number of fused-ring (bicyclic) bond motifs is 2. The molecule has 2 aliphatic carbocycles. The Hall–Kier alpha value is -0.610. The van der Waals surface area contributed by atoms with Crippen LogP contribution < -0.4 is 11.1 Å². The van der Waals surface area contributed by atoms with Crippen LogP contribution in [-0.4, -0.2) is 29.7 Å². The number of hydrogen-bond acceptors (Lipinski definition) is 3. The lowest BCUT2D eigenvalue weighted by molar-refractivity contribution is -0.127. The smallest absolute Gasteiger partial charge is 0.225 e. The molecule has 5 atom stereocenters. The summed E-state index contributed by atoms with van der Waals surface area (Å²) in [6.07, 6.45) is 2.97. The largest absolute Gasteiger partial charge is 0.392 e. The molecule has 0 saturated heterocycles. The van der Waals surface area contributed by atoms with Crippen molar-refractivity contribution in [3.63, 3.8) is 0 Å². The molecule has 4 unspecified atom stereocenters. The maximum Gasteiger partial charge on any atom is 0.225 e. The molecule has 2 bridgehead atoms. The number of aliphatic hydroxyl groups is 1. The van der Waals surface area contributed by atoms with Crippen LogP contribution in [0.3, 0.4) is 0 Å². The Balaban J connectivity index is 1.90. The zero-order valence-electron chi connectivity index (χ0n) is 9.15. The number of carbonyl (C=O) groups excluding carboxylic acids is 1. The van der Waals surface area contributed by atoms with Crippen molar-refractivity contribution < 1.29 is 9.90 Å². The van der Waals surface area contributed by atoms with Gasteiger partial charge in [-0.15, -0.1) is 0 Å². The molecule has 2 fully saturated rings. The third-order valence-electron chi connectivity index (χ3n) is 3.86. The average Bonchev–Trinajstić information content (AvgIpc) is 2.74. The summed E-state index contributed by atoms with van der Waals surface area (Å²) in [6.45, 7) is 2.00. The van der Waals surface area contributed by atoms with Gasteiger partial charge >= 0.3 is 0 Å². The maximum atomic E-state index is 11.8. The highest BCUT2D eigenvalue weighted by atomic mass is 16.3. The molecule has 4 heteroatoms. The highest BCUT2D eigenvalue weighted by Crippen LogP contribution is 2.47. The minimum Gasteiger partial charge on any atom is -0.392 e. The van der Waals surface area contributed by atoms with Gasteiger partial charge in [0.05, 0.1) is 12.0 Å². The van der Waals surface area contributed by atoms with Gasteiger partial charge in [-0.05, 0) is 38.0 Å². The second kappa shape index (κ2) is 4.10. The van der Waals surface area contributed by atoms with Crippen LogP contribution in [0.2, 0.25) is 0 Å². The molecule has 4 N–H and O–H groups in total. The van der Waals surface area contributed by atoms with Crippen molar-refractivity contribution in [2.75, 3.05) is 6.54 Å². The molecule has 2 saturated carbocycles. The van der Waals surface area contributed by atoms with Gasteiger partial charge in [-0.1, -0.05) is 0 Å². The van der Waals surface area contributed by atoms with Crippen molar-refractivity contribution in [3.05, 3.63) is 0 Å². The van der Waals surface area contributed by atoms with Gasteiger partial charge in [-0.2, -0.15) is 0 Å². The number of carbonyl (C=O) groups is 1. The summed E-state index contributed by atoms with van der Waals surface area (Å²) in [7, 11) is 0. The Morgan fingerprint density at radius 1 is 1.53 bits per heavy atom. The third kappa shape index (κ3) is 2.01. The fourth-order valence-corrected chi connectivity index (χ4v) is 3.09. The summed E-state index contributed by atoms with van der Waals surface area (Å²) in [5.74, 6) is 1.06. The van der Waals surface area contributed by atoms with Gasteiger partial charge in [-0.25, -0.2) is 0 Å². The molecular formula is C11H20N2O2. The Morgan fingerprint density at radius 3 is 2.73 bits per heavy atom. The maximum absolute atomic E-state index is 11.8. The zero-order chi connectivity index (χ0) is 11.0. The molecule has 1 amide bonds. The summed E-state index contributed by atoms with van der Waals surface area (Å²) in [4.78, 5) is 11.8. The van der Waals surface area contributed by atoms with Crippen LogP contribution >= 0.6 is 0 Å². The summed E-state index contributed by atoms with van der Waals surface area (Å²) in [5, 5.41) is 11.9. The molecule has 0 heterocycles. The van der Waals surface area contributed by atoms with Crippen molar-refractivity contribution in [1.29, 1.82) is 0 Å². The molecule has 2 rings (SSSR count). The number of aliphatic hydroxyl groups excluding tert-OH is 1. The van der Waals surface area contributed by atoms with E-state index in [1.165, 1.54) is 6.42 Å². The average molecular weight is 212 g/mol. The van der Waals surface area contributed by atoms with E-state index in [9.17, 15) is 4.79 Å². The molecule has 0 aromatic rings. The van der Waals surface area contributed by atoms with Crippen LogP contribution in [0.25, 0.3) is 0 Å². The van der Waals surface area contributed by atoms with E-state index in [4.69, 9.17) is 10.8 Å². The molecule has 0 aromatic carbocycles. The monoisotopic (exact) mass is 212 g/mol. The van der Waals surface area contributed by atoms with E-state index < -0.39 is 6.10 Å². The Bertz CT molecular complexity index is 253. The fraction of sp³-hybridized carbons (Fsp3) is 0.909. The Labute approximate surface area is 90.2 Å². The summed E-state index contributed by atoms with van der Waals surface area (Å²) in [6, 6.07) is 0.0396. The van der Waals surface area contributed by atoms with E-state index in [0.717, 1.165) is 12.8 Å². The van der Waals surface area contributed by atoms with Gasteiger partial charge in [0.2, 0.25) is 5.91 Å². The van der Waals surface area contributed by atoms with Crippen molar-refractivity contribution >= 4 is 5.91 Å². The van der Waals surface area contributed by atoms with Crippen molar-refractivity contribution in [3.8, 4) is 0 Å². The predicted molar refractivity (Wildman–Crippen MR) is 57.0 cm³/mol. The van der Waals surface area contributed by atoms with E-state index in [0.29, 0.717) is 18.4 Å². The van der Waals surface area contributed by atoms with Crippen molar-refractivity contribution in [2.24, 2.45) is 23.5 Å². The van der Waals surface area contributed by atoms with E-state index in [1.807, 2.05) is 0 Å². The highest BCUT2D eigenvalue weighted by molar-refractivity contribution is 5.80. The van der Waals surface area contributed by atoms with Crippen LogP contribution in [0.4, 0.5) is 0 Å².